The summed E-state index contributed by atoms with van der Waals surface area (Å²) in [6.45, 7) is 2.27. The molecule has 1 atom stereocenters. The third kappa shape index (κ3) is 4.48. The maximum atomic E-state index is 10.3. The van der Waals surface area contributed by atoms with Gasteiger partial charge in [-0.1, -0.05) is 104 Å². The molecule has 1 aromatic heterocycles. The molecule has 7 rings (SSSR count). The Hall–Kier alpha value is -5.46. The average Bonchev–Trinajstić information content (AvgIpc) is 3.45. The largest absolute Gasteiger partial charge is 0.504 e. The second-order valence-corrected chi connectivity index (χ2v) is 12.0. The molecule has 0 radical (unpaired) electrons. The van der Waals surface area contributed by atoms with Gasteiger partial charge in [0.1, 0.15) is 0 Å². The minimum Gasteiger partial charge on any atom is -0.504 e. The summed E-state index contributed by atoms with van der Waals surface area (Å²) in [5.41, 5.74) is 6.95. The maximum Gasteiger partial charge on any atom is 0.208 e. The van der Waals surface area contributed by atoms with E-state index in [1.165, 1.54) is 31.3 Å². The zero-order valence-electron chi connectivity index (χ0n) is 23.7. The predicted molar refractivity (Wildman–Crippen MR) is 178 cm³/mol. The van der Waals surface area contributed by atoms with Crippen LogP contribution in [-0.4, -0.2) is 25.5 Å². The highest BCUT2D eigenvalue weighted by Gasteiger charge is 2.24. The molecule has 0 aliphatic carbocycles. The van der Waals surface area contributed by atoms with Crippen molar-refractivity contribution in [2.24, 2.45) is 0 Å². The molecule has 7 aromatic rings. The molecule has 5 N–H and O–H groups in total. The van der Waals surface area contributed by atoms with Gasteiger partial charge in [-0.25, -0.2) is 0 Å². The number of benzene rings is 6. The van der Waals surface area contributed by atoms with Crippen LogP contribution in [0.5, 0.6) is 28.7 Å². The molecule has 1 heterocycles. The second-order valence-electron chi connectivity index (χ2n) is 10.9. The highest BCUT2D eigenvalue weighted by Crippen LogP contribution is 2.54. The summed E-state index contributed by atoms with van der Waals surface area (Å²) in [5, 5.41) is 52.7. The first kappa shape index (κ1) is 27.4. The average molecular weight is 597 g/mol. The Kier molecular flexibility index (Phi) is 6.64. The van der Waals surface area contributed by atoms with Crippen molar-refractivity contribution in [2.75, 3.05) is 0 Å². The van der Waals surface area contributed by atoms with Crippen LogP contribution in [0, 0.1) is 0 Å². The van der Waals surface area contributed by atoms with Gasteiger partial charge in [0.25, 0.3) is 0 Å². The van der Waals surface area contributed by atoms with E-state index in [1.807, 2.05) is 23.5 Å². The molecule has 216 valence electrons. The summed E-state index contributed by atoms with van der Waals surface area (Å²) in [5.74, 6) is -3.94. The lowest BCUT2D eigenvalue weighted by molar-refractivity contribution is 0.330. The SMILES string of the molecule is CC(c1ccccc1)c1cccc2sc3ccc(-c4ccc(-c5ccc(-c6c(O)c(O)c(O)c(O)c6O)cc5)cc4)cc3c12. The van der Waals surface area contributed by atoms with Gasteiger partial charge in [-0.15, -0.1) is 11.3 Å². The van der Waals surface area contributed by atoms with Gasteiger partial charge in [-0.2, -0.15) is 0 Å². The Morgan fingerprint density at radius 1 is 0.477 bits per heavy atom. The first-order chi connectivity index (χ1) is 21.3. The Balaban J connectivity index is 1.21. The van der Waals surface area contributed by atoms with Crippen LogP contribution in [0.3, 0.4) is 0 Å². The third-order valence-corrected chi connectivity index (χ3v) is 9.53. The molecule has 0 fully saturated rings. The van der Waals surface area contributed by atoms with Crippen molar-refractivity contribution >= 4 is 31.5 Å². The van der Waals surface area contributed by atoms with E-state index in [-0.39, 0.29) is 11.5 Å². The van der Waals surface area contributed by atoms with Gasteiger partial charge in [0.05, 0.1) is 5.56 Å². The quantitative estimate of drug-likeness (QED) is 0.101. The van der Waals surface area contributed by atoms with E-state index in [0.29, 0.717) is 5.56 Å². The number of phenols is 5. The van der Waals surface area contributed by atoms with E-state index in [9.17, 15) is 25.5 Å². The molecule has 6 aromatic carbocycles. The fraction of sp³-hybridized carbons (Fsp3) is 0.0526. The fourth-order valence-electron chi connectivity index (χ4n) is 5.96. The van der Waals surface area contributed by atoms with E-state index in [4.69, 9.17) is 0 Å². The number of hydrogen-bond donors (Lipinski definition) is 5. The van der Waals surface area contributed by atoms with Crippen LogP contribution < -0.4 is 0 Å². The minimum atomic E-state index is -0.978. The number of phenolic OH excluding ortho intramolecular Hbond substituents is 5. The first-order valence-corrected chi connectivity index (χ1v) is 15.0. The van der Waals surface area contributed by atoms with Gasteiger partial charge in [-0.3, -0.25) is 0 Å². The van der Waals surface area contributed by atoms with E-state index >= 15 is 0 Å². The smallest absolute Gasteiger partial charge is 0.208 e. The van der Waals surface area contributed by atoms with E-state index in [1.54, 1.807) is 12.1 Å². The lowest BCUT2D eigenvalue weighted by Gasteiger charge is -2.14. The Morgan fingerprint density at radius 3 is 1.61 bits per heavy atom. The van der Waals surface area contributed by atoms with Gasteiger partial charge in [-0.05, 0) is 57.1 Å². The molecule has 0 bridgehead atoms. The summed E-state index contributed by atoms with van der Waals surface area (Å²) in [4.78, 5) is 0. The number of hydrogen-bond acceptors (Lipinski definition) is 6. The normalized spacial score (nSPS) is 12.1. The van der Waals surface area contributed by atoms with Gasteiger partial charge in [0.2, 0.25) is 17.2 Å². The summed E-state index contributed by atoms with van der Waals surface area (Å²) < 4.78 is 2.55. The zero-order chi connectivity index (χ0) is 30.5. The molecule has 0 saturated heterocycles. The highest BCUT2D eigenvalue weighted by molar-refractivity contribution is 7.25. The van der Waals surface area contributed by atoms with Crippen LogP contribution in [-0.2, 0) is 0 Å². The highest BCUT2D eigenvalue weighted by atomic mass is 32.1. The van der Waals surface area contributed by atoms with Crippen LogP contribution >= 0.6 is 11.3 Å². The Bertz CT molecular complexity index is 2140. The van der Waals surface area contributed by atoms with Crippen molar-refractivity contribution in [3.8, 4) is 62.1 Å². The monoisotopic (exact) mass is 596 g/mol. The minimum absolute atomic E-state index is 0.169. The van der Waals surface area contributed by atoms with Crippen molar-refractivity contribution in [1.82, 2.24) is 0 Å². The first-order valence-electron chi connectivity index (χ1n) is 14.2. The summed E-state index contributed by atoms with van der Waals surface area (Å²) in [6, 6.07) is 39.2. The molecule has 0 spiro atoms. The molecular weight excluding hydrogens is 568 g/mol. The van der Waals surface area contributed by atoms with Crippen molar-refractivity contribution in [1.29, 1.82) is 0 Å². The lowest BCUT2D eigenvalue weighted by Crippen LogP contribution is -1.96. The van der Waals surface area contributed by atoms with Crippen LogP contribution in [0.25, 0.3) is 53.6 Å². The molecular formula is C38H28O5S. The van der Waals surface area contributed by atoms with Crippen molar-refractivity contribution < 1.29 is 25.5 Å². The molecule has 0 aliphatic heterocycles. The molecule has 0 saturated carbocycles. The topological polar surface area (TPSA) is 101 Å². The third-order valence-electron chi connectivity index (χ3n) is 8.39. The Labute approximate surface area is 257 Å². The number of fused-ring (bicyclic) bond motifs is 3. The number of aromatic hydroxyl groups is 5. The zero-order valence-corrected chi connectivity index (χ0v) is 24.5. The van der Waals surface area contributed by atoms with E-state index in [2.05, 4.69) is 97.9 Å². The molecule has 1 unspecified atom stereocenters. The van der Waals surface area contributed by atoms with Crippen LogP contribution in [0.1, 0.15) is 24.0 Å². The summed E-state index contributed by atoms with van der Waals surface area (Å²) >= 11 is 1.82. The standard InChI is InChI=1S/C38H28O5S/c1-21(22-6-3-2-4-7-22)28-8-5-9-31-33(28)29-20-27(18-19-30(29)44-31)25-12-10-23(11-13-25)24-14-16-26(17-15-24)32-34(39)36(41)38(43)37(42)35(32)40/h2-21,39-43H,1H3. The van der Waals surface area contributed by atoms with Gasteiger partial charge in [0, 0.05) is 26.1 Å². The van der Waals surface area contributed by atoms with E-state index in [0.717, 1.165) is 22.3 Å². The lowest BCUT2D eigenvalue weighted by atomic mass is 9.89. The van der Waals surface area contributed by atoms with Crippen LogP contribution in [0.4, 0.5) is 0 Å². The van der Waals surface area contributed by atoms with Gasteiger partial charge >= 0.3 is 0 Å². The van der Waals surface area contributed by atoms with Gasteiger partial charge in [0.15, 0.2) is 11.5 Å². The second kappa shape index (κ2) is 10.7. The fourth-order valence-corrected chi connectivity index (χ4v) is 7.08. The van der Waals surface area contributed by atoms with Crippen LogP contribution in [0.2, 0.25) is 0 Å². The van der Waals surface area contributed by atoms with Crippen molar-refractivity contribution in [2.45, 2.75) is 12.8 Å². The molecule has 0 amide bonds. The number of thiophene rings is 1. The van der Waals surface area contributed by atoms with Gasteiger partial charge < -0.3 is 25.5 Å². The summed E-state index contributed by atoms with van der Waals surface area (Å²) in [7, 11) is 0. The van der Waals surface area contributed by atoms with Crippen LogP contribution in [0.15, 0.2) is 115 Å². The number of rotatable bonds is 5. The molecule has 6 heteroatoms. The maximum absolute atomic E-state index is 10.3. The molecule has 5 nitrogen and oxygen atoms in total. The van der Waals surface area contributed by atoms with Crippen molar-refractivity contribution in [3.05, 3.63) is 126 Å². The molecule has 0 aliphatic rings. The van der Waals surface area contributed by atoms with E-state index < -0.39 is 28.7 Å². The predicted octanol–water partition coefficient (Wildman–Crippen LogP) is 9.74. The Morgan fingerprint density at radius 2 is 1.00 bits per heavy atom. The summed E-state index contributed by atoms with van der Waals surface area (Å²) in [6.07, 6.45) is 0. The van der Waals surface area contributed by atoms with Crippen molar-refractivity contribution in [3.63, 3.8) is 0 Å². The molecule has 44 heavy (non-hydrogen) atoms.